The van der Waals surface area contributed by atoms with E-state index in [0.717, 1.165) is 62.5 Å². The second-order valence-electron chi connectivity index (χ2n) is 7.88. The molecule has 0 atom stereocenters. The van der Waals surface area contributed by atoms with Crippen LogP contribution < -0.4 is 14.8 Å². The molecule has 3 rings (SSSR count). The Bertz CT molecular complexity index is 678. The van der Waals surface area contributed by atoms with E-state index in [1.165, 1.54) is 31.3 Å². The number of ether oxygens (including phenoxy) is 2. The SMILES string of the molecule is COc1ccc(OC)c(CN2CCC(C(=O)NCCC3=CCCCC3)CC2)c1. The molecule has 5 nitrogen and oxygen atoms in total. The second-order valence-corrected chi connectivity index (χ2v) is 7.88. The van der Waals surface area contributed by atoms with Crippen molar-refractivity contribution in [1.29, 1.82) is 0 Å². The summed E-state index contributed by atoms with van der Waals surface area (Å²) in [5.74, 6) is 2.11. The van der Waals surface area contributed by atoms with E-state index >= 15 is 0 Å². The molecular weight excluding hydrogens is 352 g/mol. The molecular formula is C23H34N2O3. The van der Waals surface area contributed by atoms with Gasteiger partial charge in [0.1, 0.15) is 11.5 Å². The maximum absolute atomic E-state index is 12.5. The Balaban J connectivity index is 1.42. The molecule has 1 aromatic carbocycles. The van der Waals surface area contributed by atoms with Crippen LogP contribution in [-0.2, 0) is 11.3 Å². The van der Waals surface area contributed by atoms with Gasteiger partial charge in [0, 0.05) is 24.6 Å². The minimum atomic E-state index is 0.142. The summed E-state index contributed by atoms with van der Waals surface area (Å²) in [6.07, 6.45) is 10.2. The van der Waals surface area contributed by atoms with Gasteiger partial charge in [-0.15, -0.1) is 0 Å². The van der Waals surface area contributed by atoms with E-state index < -0.39 is 0 Å². The smallest absolute Gasteiger partial charge is 0.223 e. The summed E-state index contributed by atoms with van der Waals surface area (Å²) in [7, 11) is 3.38. The van der Waals surface area contributed by atoms with Crippen molar-refractivity contribution < 1.29 is 14.3 Å². The van der Waals surface area contributed by atoms with Gasteiger partial charge in [-0.25, -0.2) is 0 Å². The molecule has 1 saturated heterocycles. The van der Waals surface area contributed by atoms with Gasteiger partial charge in [-0.2, -0.15) is 0 Å². The summed E-state index contributed by atoms with van der Waals surface area (Å²) < 4.78 is 10.8. The van der Waals surface area contributed by atoms with Gasteiger partial charge in [-0.1, -0.05) is 11.6 Å². The number of carbonyl (C=O) groups is 1. The Morgan fingerprint density at radius 3 is 2.68 bits per heavy atom. The summed E-state index contributed by atoms with van der Waals surface area (Å²) >= 11 is 0. The molecule has 154 valence electrons. The predicted molar refractivity (Wildman–Crippen MR) is 112 cm³/mol. The molecule has 0 radical (unpaired) electrons. The highest BCUT2D eigenvalue weighted by atomic mass is 16.5. The van der Waals surface area contributed by atoms with E-state index in [0.29, 0.717) is 0 Å². The number of carbonyl (C=O) groups excluding carboxylic acids is 1. The number of nitrogens with one attached hydrogen (secondary N) is 1. The lowest BCUT2D eigenvalue weighted by molar-refractivity contribution is -0.126. The van der Waals surface area contributed by atoms with Crippen molar-refractivity contribution >= 4 is 5.91 Å². The average Bonchev–Trinajstić information content (AvgIpc) is 2.75. The molecule has 0 spiro atoms. The minimum Gasteiger partial charge on any atom is -0.497 e. The van der Waals surface area contributed by atoms with E-state index in [2.05, 4.69) is 16.3 Å². The van der Waals surface area contributed by atoms with Crippen LogP contribution in [0, 0.1) is 5.92 Å². The molecule has 1 aromatic rings. The highest BCUT2D eigenvalue weighted by Crippen LogP contribution is 2.27. The van der Waals surface area contributed by atoms with Crippen molar-refractivity contribution in [3.8, 4) is 11.5 Å². The quantitative estimate of drug-likeness (QED) is 0.688. The molecule has 1 N–H and O–H groups in total. The standard InChI is InChI=1S/C23H34N2O3/c1-27-21-8-9-22(28-2)20(16-21)17-25-14-11-19(12-15-25)23(26)24-13-10-18-6-4-3-5-7-18/h6,8-9,16,19H,3-5,7,10-15,17H2,1-2H3,(H,24,26). The van der Waals surface area contributed by atoms with Crippen LogP contribution in [-0.4, -0.2) is 44.7 Å². The number of amides is 1. The number of methoxy groups -OCH3 is 2. The first-order valence-corrected chi connectivity index (χ1v) is 10.6. The zero-order chi connectivity index (χ0) is 19.8. The second kappa shape index (κ2) is 10.5. The topological polar surface area (TPSA) is 50.8 Å². The van der Waals surface area contributed by atoms with Gasteiger partial charge in [0.2, 0.25) is 5.91 Å². The van der Waals surface area contributed by atoms with Crippen LogP contribution in [0.5, 0.6) is 11.5 Å². The molecule has 28 heavy (non-hydrogen) atoms. The lowest BCUT2D eigenvalue weighted by Gasteiger charge is -2.31. The number of nitrogens with zero attached hydrogens (tertiary/aromatic N) is 1. The molecule has 2 aliphatic rings. The van der Waals surface area contributed by atoms with Gasteiger partial charge in [-0.05, 0) is 76.2 Å². The highest BCUT2D eigenvalue weighted by molar-refractivity contribution is 5.78. The number of rotatable bonds is 8. The van der Waals surface area contributed by atoms with Crippen molar-refractivity contribution in [3.05, 3.63) is 35.4 Å². The van der Waals surface area contributed by atoms with Gasteiger partial charge in [0.15, 0.2) is 0 Å². The van der Waals surface area contributed by atoms with Gasteiger partial charge < -0.3 is 14.8 Å². The lowest BCUT2D eigenvalue weighted by atomic mass is 9.95. The summed E-state index contributed by atoms with van der Waals surface area (Å²) in [5, 5.41) is 3.16. The normalized spacial score (nSPS) is 18.4. The molecule has 1 fully saturated rings. The third-order valence-electron chi connectivity index (χ3n) is 5.97. The van der Waals surface area contributed by atoms with Crippen LogP contribution in [0.2, 0.25) is 0 Å². The van der Waals surface area contributed by atoms with Gasteiger partial charge in [0.05, 0.1) is 14.2 Å². The number of piperidine rings is 1. The maximum Gasteiger partial charge on any atom is 0.223 e. The highest BCUT2D eigenvalue weighted by Gasteiger charge is 2.25. The Morgan fingerprint density at radius 1 is 1.18 bits per heavy atom. The molecule has 0 aromatic heterocycles. The van der Waals surface area contributed by atoms with E-state index in [9.17, 15) is 4.79 Å². The van der Waals surface area contributed by atoms with Crippen LogP contribution in [0.15, 0.2) is 29.8 Å². The van der Waals surface area contributed by atoms with Crippen LogP contribution in [0.3, 0.4) is 0 Å². The summed E-state index contributed by atoms with van der Waals surface area (Å²) in [6, 6.07) is 5.91. The lowest BCUT2D eigenvalue weighted by Crippen LogP contribution is -2.40. The average molecular weight is 387 g/mol. The fraction of sp³-hybridized carbons (Fsp3) is 0.609. The number of benzene rings is 1. The molecule has 0 bridgehead atoms. The molecule has 0 saturated carbocycles. The monoisotopic (exact) mass is 386 g/mol. The third kappa shape index (κ3) is 5.74. The van der Waals surface area contributed by atoms with E-state index in [4.69, 9.17) is 9.47 Å². The van der Waals surface area contributed by atoms with Crippen LogP contribution in [0.4, 0.5) is 0 Å². The fourth-order valence-corrected chi connectivity index (χ4v) is 4.22. The first-order chi connectivity index (χ1) is 13.7. The van der Waals surface area contributed by atoms with E-state index in [1.807, 2.05) is 18.2 Å². The molecule has 0 unspecified atom stereocenters. The summed E-state index contributed by atoms with van der Waals surface area (Å²) in [4.78, 5) is 14.9. The summed E-state index contributed by atoms with van der Waals surface area (Å²) in [5.41, 5.74) is 2.65. The first-order valence-electron chi connectivity index (χ1n) is 10.6. The fourth-order valence-electron chi connectivity index (χ4n) is 4.22. The van der Waals surface area contributed by atoms with Crippen LogP contribution in [0.1, 0.15) is 50.5 Å². The van der Waals surface area contributed by atoms with Gasteiger partial charge in [-0.3, -0.25) is 9.69 Å². The van der Waals surface area contributed by atoms with E-state index in [-0.39, 0.29) is 11.8 Å². The third-order valence-corrected chi connectivity index (χ3v) is 5.97. The van der Waals surface area contributed by atoms with Crippen LogP contribution >= 0.6 is 0 Å². The Hall–Kier alpha value is -2.01. The van der Waals surface area contributed by atoms with Crippen molar-refractivity contribution in [2.75, 3.05) is 33.9 Å². The number of allylic oxidation sites excluding steroid dienone is 1. The summed E-state index contributed by atoms with van der Waals surface area (Å²) in [6.45, 7) is 3.47. The molecule has 5 heteroatoms. The Morgan fingerprint density at radius 2 is 2.00 bits per heavy atom. The largest absolute Gasteiger partial charge is 0.497 e. The molecule has 1 aliphatic heterocycles. The van der Waals surface area contributed by atoms with Crippen molar-refractivity contribution in [1.82, 2.24) is 10.2 Å². The van der Waals surface area contributed by atoms with Crippen LogP contribution in [0.25, 0.3) is 0 Å². The zero-order valence-electron chi connectivity index (χ0n) is 17.3. The number of hydrogen-bond donors (Lipinski definition) is 1. The van der Waals surface area contributed by atoms with E-state index in [1.54, 1.807) is 14.2 Å². The number of hydrogen-bond acceptors (Lipinski definition) is 4. The van der Waals surface area contributed by atoms with Crippen molar-refractivity contribution in [3.63, 3.8) is 0 Å². The van der Waals surface area contributed by atoms with Crippen molar-refractivity contribution in [2.24, 2.45) is 5.92 Å². The van der Waals surface area contributed by atoms with Gasteiger partial charge in [0.25, 0.3) is 0 Å². The first kappa shape index (κ1) is 20.7. The maximum atomic E-state index is 12.5. The Labute approximate surface area is 169 Å². The number of likely N-dealkylation sites (tertiary alicyclic amines) is 1. The Kier molecular flexibility index (Phi) is 7.78. The minimum absolute atomic E-state index is 0.142. The molecule has 1 aliphatic carbocycles. The van der Waals surface area contributed by atoms with Gasteiger partial charge >= 0.3 is 0 Å². The van der Waals surface area contributed by atoms with Crippen molar-refractivity contribution in [2.45, 2.75) is 51.5 Å². The zero-order valence-corrected chi connectivity index (χ0v) is 17.3. The molecule has 1 amide bonds. The molecule has 1 heterocycles. The predicted octanol–water partition coefficient (Wildman–Crippen LogP) is 3.92.